The third-order valence-corrected chi connectivity index (χ3v) is 6.07. The molecule has 0 bridgehead atoms. The highest BCUT2D eigenvalue weighted by Crippen LogP contribution is 2.30. The lowest BCUT2D eigenvalue weighted by atomic mass is 9.87. The van der Waals surface area contributed by atoms with Gasteiger partial charge in [-0.3, -0.25) is 0 Å². The number of nitrogen functional groups attached to an aromatic ring is 1. The van der Waals surface area contributed by atoms with E-state index in [1.165, 1.54) is 12.5 Å². The van der Waals surface area contributed by atoms with E-state index in [0.29, 0.717) is 11.3 Å². The van der Waals surface area contributed by atoms with E-state index < -0.39 is 10.0 Å². The first-order chi connectivity index (χ1) is 13.2. The molecule has 4 rings (SSSR count). The summed E-state index contributed by atoms with van der Waals surface area (Å²) < 4.78 is 33.4. The number of fused-ring (bicyclic) bond motifs is 1. The third-order valence-electron chi connectivity index (χ3n) is 4.38. The van der Waals surface area contributed by atoms with Gasteiger partial charge in [0.2, 0.25) is 5.95 Å². The number of hydrogen-bond donors (Lipinski definition) is 1. The van der Waals surface area contributed by atoms with Gasteiger partial charge in [0, 0.05) is 0 Å². The lowest BCUT2D eigenvalue weighted by Gasteiger charge is -2.19. The summed E-state index contributed by atoms with van der Waals surface area (Å²) in [5, 5.41) is 0. The Morgan fingerprint density at radius 1 is 1.07 bits per heavy atom. The molecule has 0 aliphatic carbocycles. The van der Waals surface area contributed by atoms with E-state index in [2.05, 4.69) is 35.7 Å². The molecule has 0 saturated heterocycles. The summed E-state index contributed by atoms with van der Waals surface area (Å²) >= 11 is 0. The van der Waals surface area contributed by atoms with Gasteiger partial charge < -0.3 is 10.2 Å². The van der Waals surface area contributed by atoms with Crippen LogP contribution in [0.3, 0.4) is 0 Å². The Labute approximate surface area is 162 Å². The molecule has 3 heterocycles. The Bertz CT molecular complexity index is 1250. The number of benzene rings is 1. The van der Waals surface area contributed by atoms with Gasteiger partial charge in [-0.25, -0.2) is 18.4 Å². The first-order valence-electron chi connectivity index (χ1n) is 8.59. The fourth-order valence-electron chi connectivity index (χ4n) is 2.89. The van der Waals surface area contributed by atoms with Crippen LogP contribution in [0.2, 0.25) is 0 Å². The van der Waals surface area contributed by atoms with E-state index in [9.17, 15) is 8.42 Å². The van der Waals surface area contributed by atoms with Gasteiger partial charge in [-0.2, -0.15) is 8.96 Å². The molecule has 0 amide bonds. The van der Waals surface area contributed by atoms with Crippen molar-refractivity contribution in [3.05, 3.63) is 54.4 Å². The molecule has 0 atom stereocenters. The van der Waals surface area contributed by atoms with E-state index in [-0.39, 0.29) is 27.7 Å². The summed E-state index contributed by atoms with van der Waals surface area (Å²) in [4.78, 5) is 12.5. The highest BCUT2D eigenvalue weighted by Gasteiger charge is 2.28. The number of anilines is 1. The van der Waals surface area contributed by atoms with Crippen LogP contribution in [0.25, 0.3) is 22.7 Å². The molecule has 0 spiro atoms. The zero-order valence-corrected chi connectivity index (χ0v) is 16.4. The fraction of sp³-hybridized carbons (Fsp3) is 0.211. The number of nitrogens with two attached hydrogens (primary N) is 1. The Morgan fingerprint density at radius 2 is 1.79 bits per heavy atom. The maximum absolute atomic E-state index is 13.5. The summed E-state index contributed by atoms with van der Waals surface area (Å²) in [6, 6.07) is 10.1. The molecule has 0 unspecified atom stereocenters. The molecular formula is C19H19N5O3S. The van der Waals surface area contributed by atoms with Crippen molar-refractivity contribution in [2.24, 2.45) is 0 Å². The Balaban J connectivity index is 1.96. The van der Waals surface area contributed by atoms with Gasteiger partial charge in [-0.1, -0.05) is 32.9 Å². The molecule has 0 aliphatic rings. The summed E-state index contributed by atoms with van der Waals surface area (Å²) in [5.41, 5.74) is 7.02. The number of nitrogens with zero attached hydrogens (tertiary/aromatic N) is 4. The van der Waals surface area contributed by atoms with Crippen LogP contribution >= 0.6 is 0 Å². The molecule has 0 aliphatic heterocycles. The second-order valence-corrected chi connectivity index (χ2v) is 9.18. The largest absolute Gasteiger partial charge is 0.461 e. The third kappa shape index (κ3) is 2.93. The van der Waals surface area contributed by atoms with Crippen molar-refractivity contribution in [2.75, 3.05) is 5.73 Å². The molecule has 2 N–H and O–H groups in total. The number of furan rings is 1. The maximum Gasteiger partial charge on any atom is 0.271 e. The minimum atomic E-state index is -4.01. The van der Waals surface area contributed by atoms with E-state index >= 15 is 0 Å². The van der Waals surface area contributed by atoms with Crippen molar-refractivity contribution in [1.29, 1.82) is 0 Å². The summed E-state index contributed by atoms with van der Waals surface area (Å²) in [6.07, 6.45) is 2.84. The Hall–Kier alpha value is -3.20. The van der Waals surface area contributed by atoms with Crippen molar-refractivity contribution in [2.45, 2.75) is 31.1 Å². The minimum absolute atomic E-state index is 0.0436. The average molecular weight is 397 g/mol. The monoisotopic (exact) mass is 397 g/mol. The smallest absolute Gasteiger partial charge is 0.271 e. The Morgan fingerprint density at radius 3 is 2.39 bits per heavy atom. The zero-order chi connectivity index (χ0) is 20.1. The van der Waals surface area contributed by atoms with Crippen molar-refractivity contribution in [3.63, 3.8) is 0 Å². The van der Waals surface area contributed by atoms with E-state index in [4.69, 9.17) is 10.2 Å². The van der Waals surface area contributed by atoms with Crippen molar-refractivity contribution >= 4 is 27.1 Å². The number of aromatic nitrogens is 4. The Kier molecular flexibility index (Phi) is 4.00. The predicted octanol–water partition coefficient (Wildman–Crippen LogP) is 3.20. The lowest BCUT2D eigenvalue weighted by molar-refractivity contribution is 0.570. The van der Waals surface area contributed by atoms with Gasteiger partial charge in [-0.15, -0.1) is 0 Å². The van der Waals surface area contributed by atoms with Crippen LogP contribution in [-0.4, -0.2) is 27.3 Å². The predicted molar refractivity (Wildman–Crippen MR) is 105 cm³/mol. The normalized spacial score (nSPS) is 12.5. The van der Waals surface area contributed by atoms with Crippen molar-refractivity contribution in [3.8, 4) is 11.6 Å². The minimum Gasteiger partial charge on any atom is -0.461 e. The summed E-state index contributed by atoms with van der Waals surface area (Å²) in [5.74, 6) is 0.365. The van der Waals surface area contributed by atoms with Gasteiger partial charge in [0.25, 0.3) is 10.0 Å². The topological polar surface area (TPSA) is 117 Å². The van der Waals surface area contributed by atoms with Crippen LogP contribution in [0.1, 0.15) is 26.3 Å². The molecule has 3 aromatic heterocycles. The molecule has 8 nitrogen and oxygen atoms in total. The van der Waals surface area contributed by atoms with E-state index in [1.807, 2.05) is 12.1 Å². The van der Waals surface area contributed by atoms with Crippen molar-refractivity contribution in [1.82, 2.24) is 18.9 Å². The van der Waals surface area contributed by atoms with Crippen LogP contribution in [0, 0.1) is 0 Å². The second kappa shape index (κ2) is 6.16. The van der Waals surface area contributed by atoms with Gasteiger partial charge in [-0.05, 0) is 35.2 Å². The number of rotatable bonds is 3. The molecule has 0 saturated carbocycles. The maximum atomic E-state index is 13.5. The molecule has 0 fully saturated rings. The molecule has 0 radical (unpaired) electrons. The highest BCUT2D eigenvalue weighted by atomic mass is 32.2. The highest BCUT2D eigenvalue weighted by molar-refractivity contribution is 7.90. The van der Waals surface area contributed by atoms with Gasteiger partial charge >= 0.3 is 0 Å². The van der Waals surface area contributed by atoms with Crippen LogP contribution in [0.4, 0.5) is 5.95 Å². The van der Waals surface area contributed by atoms with Crippen LogP contribution in [-0.2, 0) is 15.4 Å². The van der Waals surface area contributed by atoms with E-state index in [0.717, 1.165) is 9.54 Å². The van der Waals surface area contributed by atoms with E-state index in [1.54, 1.807) is 24.3 Å². The van der Waals surface area contributed by atoms with Gasteiger partial charge in [0.05, 0.1) is 17.4 Å². The standard InChI is InChI=1S/C19H19N5O3S/c1-19(2,3)12-6-8-13(9-7-12)28(25,26)24-16-14(11-21-18(20)23-16)22-17(24)15-5-4-10-27-15/h4-11H,1-3H3,(H2,20,21,23). The molecule has 9 heteroatoms. The van der Waals surface area contributed by atoms with Crippen molar-refractivity contribution < 1.29 is 12.8 Å². The number of hydrogen-bond acceptors (Lipinski definition) is 7. The second-order valence-electron chi connectivity index (χ2n) is 7.39. The van der Waals surface area contributed by atoms with Gasteiger partial charge in [0.15, 0.2) is 17.2 Å². The molecule has 144 valence electrons. The molecular weight excluding hydrogens is 378 g/mol. The van der Waals surface area contributed by atoms with Crippen LogP contribution in [0.15, 0.2) is 58.2 Å². The average Bonchev–Trinajstić information content (AvgIpc) is 3.28. The molecule has 4 aromatic rings. The lowest BCUT2D eigenvalue weighted by Crippen LogP contribution is -2.16. The van der Waals surface area contributed by atoms with Crippen LogP contribution < -0.4 is 5.73 Å². The quantitative estimate of drug-likeness (QED) is 0.564. The number of imidazole rings is 1. The van der Waals surface area contributed by atoms with Crippen LogP contribution in [0.5, 0.6) is 0 Å². The first-order valence-corrected chi connectivity index (χ1v) is 10.0. The SMILES string of the molecule is CC(C)(C)c1ccc(S(=O)(=O)n2c(-c3ccco3)nc3cnc(N)nc32)cc1. The summed E-state index contributed by atoms with van der Waals surface area (Å²) in [7, 11) is -4.01. The van der Waals surface area contributed by atoms with Gasteiger partial charge in [0.1, 0.15) is 5.52 Å². The molecule has 1 aromatic carbocycles. The first kappa shape index (κ1) is 18.2. The fourth-order valence-corrected chi connectivity index (χ4v) is 4.30. The summed E-state index contributed by atoms with van der Waals surface area (Å²) in [6.45, 7) is 6.19. The zero-order valence-electron chi connectivity index (χ0n) is 15.6. The molecule has 28 heavy (non-hydrogen) atoms.